The number of aromatic nitrogens is 4. The van der Waals surface area contributed by atoms with Crippen molar-refractivity contribution in [3.63, 3.8) is 0 Å². The van der Waals surface area contributed by atoms with Gasteiger partial charge < -0.3 is 9.88 Å². The molecule has 0 saturated heterocycles. The predicted molar refractivity (Wildman–Crippen MR) is 118 cm³/mol. The van der Waals surface area contributed by atoms with E-state index in [1.807, 2.05) is 58.7 Å². The van der Waals surface area contributed by atoms with Crippen molar-refractivity contribution in [2.24, 2.45) is 0 Å². The van der Waals surface area contributed by atoms with Crippen LogP contribution in [0.5, 0.6) is 0 Å². The first-order chi connectivity index (χ1) is 14.3. The maximum Gasteiger partial charge on any atom is 0.223 e. The van der Waals surface area contributed by atoms with Crippen molar-refractivity contribution in [1.82, 2.24) is 24.5 Å². The molecule has 0 spiro atoms. The van der Waals surface area contributed by atoms with Gasteiger partial charge >= 0.3 is 0 Å². The first-order valence-electron chi connectivity index (χ1n) is 9.49. The minimum Gasteiger partial charge on any atom is -0.346 e. The van der Waals surface area contributed by atoms with Crippen LogP contribution >= 0.6 is 23.1 Å². The summed E-state index contributed by atoms with van der Waals surface area (Å²) in [4.78, 5) is 13.1. The number of carbonyl (C=O) groups excluding carboxylic acids is 1. The monoisotopic (exact) mass is 425 g/mol. The van der Waals surface area contributed by atoms with Crippen LogP contribution in [0.2, 0.25) is 0 Å². The van der Waals surface area contributed by atoms with E-state index >= 15 is 0 Å². The summed E-state index contributed by atoms with van der Waals surface area (Å²) < 4.78 is 4.04. The van der Waals surface area contributed by atoms with Gasteiger partial charge in [0.1, 0.15) is 0 Å². The Kier molecular flexibility index (Phi) is 6.31. The molecule has 150 valence electrons. The summed E-state index contributed by atoms with van der Waals surface area (Å²) in [6, 6.07) is 11.7. The van der Waals surface area contributed by atoms with Crippen LogP contribution in [0.4, 0.5) is 0 Å². The molecule has 29 heavy (non-hydrogen) atoms. The van der Waals surface area contributed by atoms with E-state index in [0.717, 1.165) is 29.2 Å². The average molecular weight is 426 g/mol. The van der Waals surface area contributed by atoms with Crippen molar-refractivity contribution in [2.75, 3.05) is 12.0 Å². The Hall–Kier alpha value is -2.58. The number of rotatable bonds is 9. The highest BCUT2D eigenvalue weighted by molar-refractivity contribution is 7.98. The van der Waals surface area contributed by atoms with E-state index in [2.05, 4.69) is 37.8 Å². The first-order valence-corrected chi connectivity index (χ1v) is 11.8. The van der Waals surface area contributed by atoms with Crippen LogP contribution in [0.3, 0.4) is 0 Å². The molecule has 4 aromatic rings. The minimum atomic E-state index is -0.180. The van der Waals surface area contributed by atoms with Gasteiger partial charge in [-0.15, -0.1) is 10.2 Å². The van der Waals surface area contributed by atoms with Crippen LogP contribution in [-0.4, -0.2) is 37.1 Å². The van der Waals surface area contributed by atoms with Crippen LogP contribution in [0.25, 0.3) is 5.65 Å². The molecule has 1 amide bonds. The molecule has 8 heteroatoms. The molecular formula is C21H23N5OS2. The van der Waals surface area contributed by atoms with Gasteiger partial charge in [0.25, 0.3) is 0 Å². The van der Waals surface area contributed by atoms with Crippen molar-refractivity contribution < 1.29 is 4.79 Å². The van der Waals surface area contributed by atoms with Gasteiger partial charge in [-0.3, -0.25) is 9.20 Å². The lowest BCUT2D eigenvalue weighted by Gasteiger charge is -2.21. The van der Waals surface area contributed by atoms with Gasteiger partial charge in [-0.05, 0) is 65.1 Å². The molecule has 0 radical (unpaired) electrons. The van der Waals surface area contributed by atoms with E-state index < -0.39 is 0 Å². The number of pyridine rings is 1. The normalized spacial score (nSPS) is 13.4. The number of nitrogens with one attached hydrogen (secondary N) is 1. The highest BCUT2D eigenvalue weighted by atomic mass is 32.2. The topological polar surface area (TPSA) is 64.2 Å². The van der Waals surface area contributed by atoms with E-state index in [1.54, 1.807) is 23.1 Å². The third kappa shape index (κ3) is 4.54. The number of thioether (sulfide) groups is 1. The Bertz CT molecular complexity index is 1010. The lowest BCUT2D eigenvalue weighted by molar-refractivity contribution is -0.122. The number of hydrogen-bond donors (Lipinski definition) is 1. The van der Waals surface area contributed by atoms with Gasteiger partial charge in [0.2, 0.25) is 5.91 Å². The molecule has 6 nitrogen and oxygen atoms in total. The molecule has 1 N–H and O–H groups in total. The second-order valence-corrected chi connectivity index (χ2v) is 8.56. The second kappa shape index (κ2) is 9.28. The molecule has 0 unspecified atom stereocenters. The first kappa shape index (κ1) is 19.7. The summed E-state index contributed by atoms with van der Waals surface area (Å²) in [5.41, 5.74) is 1.93. The highest BCUT2D eigenvalue weighted by Crippen LogP contribution is 2.25. The molecule has 4 heterocycles. The lowest BCUT2D eigenvalue weighted by atomic mass is 10.1. The third-order valence-electron chi connectivity index (χ3n) is 4.89. The fourth-order valence-corrected chi connectivity index (χ4v) is 4.62. The Morgan fingerprint density at radius 1 is 1.17 bits per heavy atom. The summed E-state index contributed by atoms with van der Waals surface area (Å²) in [7, 11) is 0. The van der Waals surface area contributed by atoms with Crippen LogP contribution in [0.1, 0.15) is 36.3 Å². The molecule has 0 aliphatic carbocycles. The van der Waals surface area contributed by atoms with Crippen molar-refractivity contribution in [2.45, 2.75) is 24.9 Å². The Labute approximate surface area is 178 Å². The number of carbonyl (C=O) groups is 1. The van der Waals surface area contributed by atoms with E-state index in [0.29, 0.717) is 6.42 Å². The van der Waals surface area contributed by atoms with Crippen LogP contribution < -0.4 is 5.32 Å². The van der Waals surface area contributed by atoms with Crippen molar-refractivity contribution in [3.05, 3.63) is 77.1 Å². The molecule has 4 aromatic heterocycles. The molecule has 0 bridgehead atoms. The standard InChI is InChI=1S/C21H23N5OS2/c1-28-12-8-17(21-24-23-19-6-2-3-11-26(19)21)22-20(27)14-18(16-7-13-29-15-16)25-9-4-5-10-25/h2-7,9-11,13,15,17-18H,8,12,14H2,1H3,(H,22,27)/t17-,18-/m0/s1. The van der Waals surface area contributed by atoms with Crippen molar-refractivity contribution >= 4 is 34.7 Å². The Balaban J connectivity index is 1.54. The lowest BCUT2D eigenvalue weighted by Crippen LogP contribution is -2.32. The zero-order valence-electron chi connectivity index (χ0n) is 16.1. The number of amides is 1. The van der Waals surface area contributed by atoms with Gasteiger partial charge in [-0.1, -0.05) is 6.07 Å². The number of thiophene rings is 1. The molecule has 0 aliphatic heterocycles. The average Bonchev–Trinajstić information content (AvgIpc) is 3.50. The van der Waals surface area contributed by atoms with Crippen LogP contribution in [-0.2, 0) is 4.79 Å². The van der Waals surface area contributed by atoms with E-state index in [-0.39, 0.29) is 18.0 Å². The van der Waals surface area contributed by atoms with Gasteiger partial charge in [-0.25, -0.2) is 0 Å². The quantitative estimate of drug-likeness (QED) is 0.437. The molecule has 0 aromatic carbocycles. The molecule has 0 fully saturated rings. The van der Waals surface area contributed by atoms with Crippen LogP contribution in [0, 0.1) is 0 Å². The fourth-order valence-electron chi connectivity index (χ4n) is 3.44. The zero-order valence-corrected chi connectivity index (χ0v) is 17.8. The van der Waals surface area contributed by atoms with Gasteiger partial charge in [-0.2, -0.15) is 23.1 Å². The van der Waals surface area contributed by atoms with E-state index in [4.69, 9.17) is 0 Å². The molecule has 0 saturated carbocycles. The summed E-state index contributed by atoms with van der Waals surface area (Å²) >= 11 is 3.41. The molecule has 0 aliphatic rings. The number of hydrogen-bond acceptors (Lipinski definition) is 5. The molecule has 4 rings (SSSR count). The van der Waals surface area contributed by atoms with Gasteiger partial charge in [0.15, 0.2) is 11.5 Å². The van der Waals surface area contributed by atoms with E-state index in [1.165, 1.54) is 0 Å². The zero-order chi connectivity index (χ0) is 20.1. The van der Waals surface area contributed by atoms with Gasteiger partial charge in [0.05, 0.1) is 18.5 Å². The minimum absolute atomic E-state index is 0.00804. The second-order valence-electron chi connectivity index (χ2n) is 6.80. The SMILES string of the molecule is CSCC[C@H](NC(=O)C[C@@H](c1ccsc1)n1cccc1)c1nnc2ccccn12. The number of nitrogens with zero attached hydrogens (tertiary/aromatic N) is 4. The van der Waals surface area contributed by atoms with Crippen molar-refractivity contribution in [1.29, 1.82) is 0 Å². The number of fused-ring (bicyclic) bond motifs is 1. The maximum absolute atomic E-state index is 13.1. The predicted octanol–water partition coefficient (Wildman–Crippen LogP) is 4.18. The maximum atomic E-state index is 13.1. The van der Waals surface area contributed by atoms with E-state index in [9.17, 15) is 4.79 Å². The summed E-state index contributed by atoms with van der Waals surface area (Å²) in [6.07, 6.45) is 9.20. The highest BCUT2D eigenvalue weighted by Gasteiger charge is 2.23. The third-order valence-corrected chi connectivity index (χ3v) is 6.24. The smallest absolute Gasteiger partial charge is 0.223 e. The summed E-state index contributed by atoms with van der Waals surface area (Å²) in [5.74, 6) is 1.71. The molecular weight excluding hydrogens is 402 g/mol. The Morgan fingerprint density at radius 2 is 2.00 bits per heavy atom. The van der Waals surface area contributed by atoms with Crippen molar-refractivity contribution in [3.8, 4) is 0 Å². The van der Waals surface area contributed by atoms with Gasteiger partial charge in [0, 0.05) is 18.6 Å². The fraction of sp³-hybridized carbons (Fsp3) is 0.286. The van der Waals surface area contributed by atoms with Crippen LogP contribution in [0.15, 0.2) is 65.7 Å². The summed E-state index contributed by atoms with van der Waals surface area (Å²) in [5, 5.41) is 16.0. The molecule has 2 atom stereocenters. The summed E-state index contributed by atoms with van der Waals surface area (Å²) in [6.45, 7) is 0. The Morgan fingerprint density at radius 3 is 2.76 bits per heavy atom. The largest absolute Gasteiger partial charge is 0.346 e.